The molecular weight excluding hydrogens is 350 g/mol. The third kappa shape index (κ3) is 4.72. The molecule has 4 rings (SSSR count). The molecule has 1 atom stereocenters. The van der Waals surface area contributed by atoms with E-state index in [2.05, 4.69) is 52.7 Å². The van der Waals surface area contributed by atoms with Crippen molar-refractivity contribution in [3.63, 3.8) is 0 Å². The minimum Gasteiger partial charge on any atom is -0.493 e. The molecule has 0 radical (unpaired) electrons. The van der Waals surface area contributed by atoms with Crippen LogP contribution in [0.4, 0.5) is 0 Å². The Morgan fingerprint density at radius 2 is 1.96 bits per heavy atom. The molecule has 1 amide bonds. The molecule has 1 saturated heterocycles. The smallest absolute Gasteiger partial charge is 0.221 e. The quantitative estimate of drug-likeness (QED) is 0.776. The Balaban J connectivity index is 1.29. The summed E-state index contributed by atoms with van der Waals surface area (Å²) >= 11 is 0. The van der Waals surface area contributed by atoms with Gasteiger partial charge >= 0.3 is 0 Å². The minimum atomic E-state index is -0.166. The molecule has 1 fully saturated rings. The average Bonchev–Trinajstić information content (AvgIpc) is 3.16. The zero-order valence-electron chi connectivity index (χ0n) is 16.3. The molecular formula is C23H29N3O2. The molecule has 0 aliphatic carbocycles. The molecule has 0 bridgehead atoms. The van der Waals surface area contributed by atoms with E-state index in [-0.39, 0.29) is 11.8 Å². The largest absolute Gasteiger partial charge is 0.493 e. The van der Waals surface area contributed by atoms with Gasteiger partial charge in [0.1, 0.15) is 5.75 Å². The molecule has 2 aromatic rings. The molecule has 2 heterocycles. The maximum atomic E-state index is 11.5. The van der Waals surface area contributed by atoms with Crippen molar-refractivity contribution in [2.24, 2.45) is 11.7 Å². The zero-order chi connectivity index (χ0) is 19.3. The molecule has 0 saturated carbocycles. The van der Waals surface area contributed by atoms with Crippen molar-refractivity contribution in [2.45, 2.75) is 38.9 Å². The van der Waals surface area contributed by atoms with Gasteiger partial charge in [-0.3, -0.25) is 9.69 Å². The van der Waals surface area contributed by atoms with Crippen LogP contribution in [0.15, 0.2) is 42.5 Å². The zero-order valence-corrected chi connectivity index (χ0v) is 16.3. The number of benzene rings is 2. The van der Waals surface area contributed by atoms with Crippen LogP contribution in [-0.2, 0) is 30.8 Å². The third-order valence-electron chi connectivity index (χ3n) is 5.72. The van der Waals surface area contributed by atoms with Crippen LogP contribution < -0.4 is 15.8 Å². The number of amides is 1. The Morgan fingerprint density at radius 1 is 1.14 bits per heavy atom. The lowest BCUT2D eigenvalue weighted by atomic mass is 9.97. The van der Waals surface area contributed by atoms with Crippen molar-refractivity contribution in [1.29, 1.82) is 0 Å². The fraction of sp³-hybridized carbons (Fsp3) is 0.435. The second-order valence-corrected chi connectivity index (χ2v) is 7.94. The van der Waals surface area contributed by atoms with Gasteiger partial charge in [-0.15, -0.1) is 0 Å². The predicted molar refractivity (Wildman–Crippen MR) is 110 cm³/mol. The summed E-state index contributed by atoms with van der Waals surface area (Å²) in [5, 5.41) is 3.55. The number of nitrogens with two attached hydrogens (primary N) is 1. The van der Waals surface area contributed by atoms with Crippen LogP contribution in [0, 0.1) is 5.92 Å². The van der Waals surface area contributed by atoms with Gasteiger partial charge in [-0.05, 0) is 47.7 Å². The number of nitrogens with zero attached hydrogens (tertiary/aromatic N) is 1. The summed E-state index contributed by atoms with van der Waals surface area (Å²) in [7, 11) is 0. The van der Waals surface area contributed by atoms with E-state index in [0.717, 1.165) is 64.3 Å². The number of likely N-dealkylation sites (tertiary alicyclic amines) is 1. The van der Waals surface area contributed by atoms with Crippen LogP contribution in [-0.4, -0.2) is 30.5 Å². The number of rotatable bonds is 7. The number of hydrogen-bond acceptors (Lipinski definition) is 4. The summed E-state index contributed by atoms with van der Waals surface area (Å²) in [4.78, 5) is 13.8. The minimum absolute atomic E-state index is 0.00341. The van der Waals surface area contributed by atoms with E-state index < -0.39 is 0 Å². The van der Waals surface area contributed by atoms with Crippen LogP contribution in [0.3, 0.4) is 0 Å². The highest BCUT2D eigenvalue weighted by Gasteiger charge is 2.23. The molecule has 0 spiro atoms. The van der Waals surface area contributed by atoms with Gasteiger partial charge in [0.05, 0.1) is 12.5 Å². The fourth-order valence-corrected chi connectivity index (χ4v) is 4.23. The molecule has 28 heavy (non-hydrogen) atoms. The van der Waals surface area contributed by atoms with Gasteiger partial charge in [-0.25, -0.2) is 0 Å². The average molecular weight is 380 g/mol. The van der Waals surface area contributed by atoms with Crippen molar-refractivity contribution in [3.8, 4) is 5.75 Å². The first kappa shape index (κ1) is 19.0. The first-order chi connectivity index (χ1) is 13.7. The van der Waals surface area contributed by atoms with Crippen LogP contribution in [0.2, 0.25) is 0 Å². The van der Waals surface area contributed by atoms with E-state index in [1.54, 1.807) is 0 Å². The summed E-state index contributed by atoms with van der Waals surface area (Å²) in [6.07, 6.45) is 2.98. The van der Waals surface area contributed by atoms with Crippen molar-refractivity contribution in [2.75, 3.05) is 19.7 Å². The molecule has 2 aliphatic rings. The fourth-order valence-electron chi connectivity index (χ4n) is 4.23. The Bertz CT molecular complexity index is 836. The number of hydrogen-bond donors (Lipinski definition) is 2. The Kier molecular flexibility index (Phi) is 5.93. The molecule has 148 valence electrons. The normalized spacial score (nSPS) is 19.2. The maximum absolute atomic E-state index is 11.5. The second-order valence-electron chi connectivity index (χ2n) is 7.94. The predicted octanol–water partition coefficient (Wildman–Crippen LogP) is 2.61. The van der Waals surface area contributed by atoms with E-state index in [1.165, 1.54) is 22.3 Å². The summed E-state index contributed by atoms with van der Waals surface area (Å²) in [6.45, 7) is 5.18. The number of ether oxygens (including phenoxy) is 1. The number of primary amides is 1. The SMILES string of the molecule is NC(=O)C1CCCN(Cc2cccc(CNCc3ccc4c(c3)CCO4)c2)C1. The number of nitrogens with one attached hydrogen (secondary N) is 1. The molecule has 0 aromatic heterocycles. The number of carbonyl (C=O) groups is 1. The molecule has 2 aliphatic heterocycles. The standard InChI is InChI=1S/C23H29N3O2/c24-23(27)21-5-2-9-26(16-21)15-19-4-1-3-17(11-19)13-25-14-18-6-7-22-20(12-18)8-10-28-22/h1,3-4,6-7,11-12,21,25H,2,5,8-10,13-16H2,(H2,24,27). The van der Waals surface area contributed by atoms with Crippen LogP contribution >= 0.6 is 0 Å². The van der Waals surface area contributed by atoms with E-state index in [9.17, 15) is 4.79 Å². The number of carbonyl (C=O) groups excluding carboxylic acids is 1. The summed E-state index contributed by atoms with van der Waals surface area (Å²) in [5.74, 6) is 0.866. The van der Waals surface area contributed by atoms with Crippen LogP contribution in [0.25, 0.3) is 0 Å². The van der Waals surface area contributed by atoms with E-state index >= 15 is 0 Å². The summed E-state index contributed by atoms with van der Waals surface area (Å²) in [5.41, 5.74) is 10.7. The van der Waals surface area contributed by atoms with Gasteiger partial charge in [0, 0.05) is 32.6 Å². The van der Waals surface area contributed by atoms with Gasteiger partial charge in [0.2, 0.25) is 5.91 Å². The Morgan fingerprint density at radius 3 is 2.82 bits per heavy atom. The third-order valence-corrected chi connectivity index (χ3v) is 5.72. The van der Waals surface area contributed by atoms with E-state index in [0.29, 0.717) is 0 Å². The van der Waals surface area contributed by atoms with E-state index in [1.807, 2.05) is 0 Å². The monoisotopic (exact) mass is 379 g/mol. The lowest BCUT2D eigenvalue weighted by Crippen LogP contribution is -2.40. The lowest BCUT2D eigenvalue weighted by molar-refractivity contribution is -0.123. The Labute approximate surface area is 166 Å². The first-order valence-corrected chi connectivity index (χ1v) is 10.2. The van der Waals surface area contributed by atoms with Gasteiger partial charge in [-0.1, -0.05) is 36.4 Å². The van der Waals surface area contributed by atoms with Gasteiger partial charge < -0.3 is 15.8 Å². The van der Waals surface area contributed by atoms with Crippen molar-refractivity contribution >= 4 is 5.91 Å². The first-order valence-electron chi connectivity index (χ1n) is 10.2. The topological polar surface area (TPSA) is 67.6 Å². The molecule has 1 unspecified atom stereocenters. The van der Waals surface area contributed by atoms with Crippen LogP contribution in [0.5, 0.6) is 5.75 Å². The summed E-state index contributed by atoms with van der Waals surface area (Å²) < 4.78 is 5.57. The Hall–Kier alpha value is -2.37. The highest BCUT2D eigenvalue weighted by molar-refractivity contribution is 5.76. The van der Waals surface area contributed by atoms with E-state index in [4.69, 9.17) is 10.5 Å². The number of fused-ring (bicyclic) bond motifs is 1. The summed E-state index contributed by atoms with van der Waals surface area (Å²) in [6, 6.07) is 15.2. The van der Waals surface area contributed by atoms with Crippen molar-refractivity contribution in [1.82, 2.24) is 10.2 Å². The van der Waals surface area contributed by atoms with Crippen molar-refractivity contribution in [3.05, 3.63) is 64.7 Å². The molecule has 3 N–H and O–H groups in total. The van der Waals surface area contributed by atoms with Gasteiger partial charge in [-0.2, -0.15) is 0 Å². The van der Waals surface area contributed by atoms with Gasteiger partial charge in [0.15, 0.2) is 0 Å². The molecule has 5 heteroatoms. The van der Waals surface area contributed by atoms with Gasteiger partial charge in [0.25, 0.3) is 0 Å². The highest BCUT2D eigenvalue weighted by Crippen LogP contribution is 2.25. The van der Waals surface area contributed by atoms with Crippen LogP contribution in [0.1, 0.15) is 35.1 Å². The number of piperidine rings is 1. The maximum Gasteiger partial charge on any atom is 0.221 e. The second kappa shape index (κ2) is 8.76. The highest BCUT2D eigenvalue weighted by atomic mass is 16.5. The molecule has 2 aromatic carbocycles. The molecule has 5 nitrogen and oxygen atoms in total. The lowest BCUT2D eigenvalue weighted by Gasteiger charge is -2.31. The van der Waals surface area contributed by atoms with Crippen molar-refractivity contribution < 1.29 is 9.53 Å².